The molecule has 2 N–H and O–H groups in total. The van der Waals surface area contributed by atoms with Crippen molar-refractivity contribution in [1.29, 1.82) is 0 Å². The lowest BCUT2D eigenvalue weighted by atomic mass is 10.1. The number of hydrogen-bond acceptors (Lipinski definition) is 4. The van der Waals surface area contributed by atoms with Gasteiger partial charge in [0.1, 0.15) is 12.6 Å². The SMILES string of the molecule is CCCCCCCCCCCC(=O)NCCCCC(NC(=O)CCCCCCCC)C(=O)OCCCCCCCCCCC[n+]1ccccc1. The van der Waals surface area contributed by atoms with E-state index in [0.29, 0.717) is 32.4 Å². The predicted molar refractivity (Wildman–Crippen MR) is 208 cm³/mol. The van der Waals surface area contributed by atoms with E-state index < -0.39 is 6.04 Å². The van der Waals surface area contributed by atoms with Gasteiger partial charge in [-0.3, -0.25) is 9.59 Å². The van der Waals surface area contributed by atoms with Crippen LogP contribution in [0.1, 0.15) is 200 Å². The van der Waals surface area contributed by atoms with Crippen LogP contribution in [0.2, 0.25) is 0 Å². The summed E-state index contributed by atoms with van der Waals surface area (Å²) < 4.78 is 7.90. The van der Waals surface area contributed by atoms with Crippen molar-refractivity contribution in [2.45, 2.75) is 213 Å². The first kappa shape index (κ1) is 45.6. The zero-order valence-corrected chi connectivity index (χ0v) is 32.7. The largest absolute Gasteiger partial charge is 0.464 e. The molecule has 7 heteroatoms. The van der Waals surface area contributed by atoms with Crippen molar-refractivity contribution < 1.29 is 23.7 Å². The smallest absolute Gasteiger partial charge is 0.328 e. The van der Waals surface area contributed by atoms with E-state index in [-0.39, 0.29) is 17.8 Å². The lowest BCUT2D eigenvalue weighted by molar-refractivity contribution is -0.697. The summed E-state index contributed by atoms with van der Waals surface area (Å²) in [4.78, 5) is 38.0. The molecule has 1 heterocycles. The maximum atomic E-state index is 13.0. The Bertz CT molecular complexity index is 926. The Hall–Kier alpha value is -2.44. The van der Waals surface area contributed by atoms with E-state index in [2.05, 4.69) is 59.6 Å². The van der Waals surface area contributed by atoms with Gasteiger partial charge in [0.2, 0.25) is 11.8 Å². The second-order valence-corrected chi connectivity index (χ2v) is 14.5. The maximum absolute atomic E-state index is 13.0. The van der Waals surface area contributed by atoms with Gasteiger partial charge in [-0.15, -0.1) is 0 Å². The van der Waals surface area contributed by atoms with Crippen molar-refractivity contribution in [2.75, 3.05) is 13.2 Å². The van der Waals surface area contributed by atoms with Crippen LogP contribution < -0.4 is 15.2 Å². The summed E-state index contributed by atoms with van der Waals surface area (Å²) in [6.45, 7) is 6.57. The summed E-state index contributed by atoms with van der Waals surface area (Å²) in [5.74, 6) is -0.256. The Morgan fingerprint density at radius 3 is 1.58 bits per heavy atom. The molecule has 1 rings (SSSR count). The molecule has 1 aromatic heterocycles. The molecule has 50 heavy (non-hydrogen) atoms. The van der Waals surface area contributed by atoms with Crippen molar-refractivity contribution in [3.63, 3.8) is 0 Å². The highest BCUT2D eigenvalue weighted by atomic mass is 16.5. The van der Waals surface area contributed by atoms with E-state index in [9.17, 15) is 14.4 Å². The number of aryl methyl sites for hydroxylation is 1. The molecule has 0 fully saturated rings. The van der Waals surface area contributed by atoms with Crippen LogP contribution in [0.4, 0.5) is 0 Å². The van der Waals surface area contributed by atoms with E-state index in [0.717, 1.165) is 64.3 Å². The highest BCUT2D eigenvalue weighted by Gasteiger charge is 2.21. The summed E-state index contributed by atoms with van der Waals surface area (Å²) in [6.07, 6.45) is 36.0. The number of carbonyl (C=O) groups excluding carboxylic acids is 3. The third-order valence-corrected chi connectivity index (χ3v) is 9.71. The van der Waals surface area contributed by atoms with Crippen LogP contribution in [0, 0.1) is 0 Å². The lowest BCUT2D eigenvalue weighted by Gasteiger charge is -2.18. The molecule has 0 spiro atoms. The first-order valence-electron chi connectivity index (χ1n) is 21.2. The molecule has 1 unspecified atom stereocenters. The minimum absolute atomic E-state index is 0.0597. The number of rotatable bonds is 36. The first-order valence-corrected chi connectivity index (χ1v) is 21.2. The number of nitrogens with one attached hydrogen (secondary N) is 2. The second-order valence-electron chi connectivity index (χ2n) is 14.5. The van der Waals surface area contributed by atoms with Crippen LogP contribution in [0.3, 0.4) is 0 Å². The topological polar surface area (TPSA) is 88.4 Å². The number of esters is 1. The van der Waals surface area contributed by atoms with Crippen LogP contribution in [0.15, 0.2) is 30.6 Å². The van der Waals surface area contributed by atoms with Gasteiger partial charge < -0.3 is 15.4 Å². The van der Waals surface area contributed by atoms with E-state index in [1.54, 1.807) is 0 Å². The second kappa shape index (κ2) is 35.0. The third kappa shape index (κ3) is 29.3. The van der Waals surface area contributed by atoms with E-state index in [1.807, 2.05) is 0 Å². The molecular weight excluding hydrogens is 622 g/mol. The zero-order valence-electron chi connectivity index (χ0n) is 32.7. The number of unbranched alkanes of at least 4 members (excludes halogenated alkanes) is 22. The molecule has 1 aromatic rings. The Morgan fingerprint density at radius 1 is 0.540 bits per heavy atom. The number of ether oxygens (including phenoxy) is 1. The van der Waals surface area contributed by atoms with Gasteiger partial charge in [-0.25, -0.2) is 9.36 Å². The number of nitrogens with zero attached hydrogens (tertiary/aromatic N) is 1. The summed E-state index contributed by atoms with van der Waals surface area (Å²) in [7, 11) is 0. The van der Waals surface area contributed by atoms with Crippen molar-refractivity contribution in [2.24, 2.45) is 0 Å². The molecule has 0 saturated carbocycles. The Balaban J connectivity index is 2.21. The monoisotopic (exact) mass is 701 g/mol. The Kier molecular flexibility index (Phi) is 31.9. The number of pyridine rings is 1. The number of amides is 2. The summed E-state index contributed by atoms with van der Waals surface area (Å²) >= 11 is 0. The standard InChI is InChI=1S/C43H77N3O4/c1-3-5-7-9-11-13-16-20-24-33-41(47)44-35-27-26-32-40(45-42(48)34-25-19-10-8-6-4-2)43(49)50-39-31-22-18-15-12-14-17-21-28-36-46-37-29-23-30-38-46/h23,29-30,37-38,40H,3-22,24-28,31-36,39H2,1-2H3,(H-,44,45,47,48)/p+1. The minimum atomic E-state index is -0.611. The summed E-state index contributed by atoms with van der Waals surface area (Å²) in [5, 5.41) is 6.01. The molecule has 0 saturated heterocycles. The molecule has 0 bridgehead atoms. The molecular formula is C43H78N3O4+. The van der Waals surface area contributed by atoms with Gasteiger partial charge in [-0.2, -0.15) is 0 Å². The van der Waals surface area contributed by atoms with Gasteiger partial charge in [0.05, 0.1) is 6.61 Å². The minimum Gasteiger partial charge on any atom is -0.464 e. The maximum Gasteiger partial charge on any atom is 0.328 e. The molecule has 1 atom stereocenters. The molecule has 0 aliphatic heterocycles. The summed E-state index contributed by atoms with van der Waals surface area (Å²) in [5.41, 5.74) is 0. The fraction of sp³-hybridized carbons (Fsp3) is 0.814. The van der Waals surface area contributed by atoms with Gasteiger partial charge in [0.15, 0.2) is 12.4 Å². The number of hydrogen-bond donors (Lipinski definition) is 2. The lowest BCUT2D eigenvalue weighted by Crippen LogP contribution is -2.42. The Labute approximate surface area is 307 Å². The average Bonchev–Trinajstić information content (AvgIpc) is 3.12. The fourth-order valence-electron chi connectivity index (χ4n) is 6.46. The van der Waals surface area contributed by atoms with E-state index >= 15 is 0 Å². The quantitative estimate of drug-likeness (QED) is 0.0414. The average molecular weight is 701 g/mol. The molecule has 288 valence electrons. The van der Waals surface area contributed by atoms with Gasteiger partial charge in [-0.05, 0) is 44.9 Å². The highest BCUT2D eigenvalue weighted by Crippen LogP contribution is 2.13. The molecule has 0 aromatic carbocycles. The number of carbonyl (C=O) groups is 3. The van der Waals surface area contributed by atoms with Crippen molar-refractivity contribution in [3.05, 3.63) is 30.6 Å². The van der Waals surface area contributed by atoms with E-state index in [4.69, 9.17) is 4.74 Å². The van der Waals surface area contributed by atoms with Crippen LogP contribution in [-0.4, -0.2) is 37.0 Å². The van der Waals surface area contributed by atoms with Gasteiger partial charge in [0, 0.05) is 37.9 Å². The van der Waals surface area contributed by atoms with Gasteiger partial charge >= 0.3 is 5.97 Å². The molecule has 2 amide bonds. The first-order chi connectivity index (χ1) is 24.6. The van der Waals surface area contributed by atoms with Crippen molar-refractivity contribution in [1.82, 2.24) is 10.6 Å². The van der Waals surface area contributed by atoms with Gasteiger partial charge in [-0.1, -0.05) is 142 Å². The zero-order chi connectivity index (χ0) is 36.2. The normalized spacial score (nSPS) is 11.7. The predicted octanol–water partition coefficient (Wildman–Crippen LogP) is 10.5. The molecule has 0 aliphatic carbocycles. The molecule has 7 nitrogen and oxygen atoms in total. The molecule has 0 radical (unpaired) electrons. The van der Waals surface area contributed by atoms with Crippen LogP contribution in [0.5, 0.6) is 0 Å². The van der Waals surface area contributed by atoms with Crippen LogP contribution >= 0.6 is 0 Å². The van der Waals surface area contributed by atoms with Gasteiger partial charge in [0.25, 0.3) is 0 Å². The Morgan fingerprint density at radius 2 is 1.02 bits per heavy atom. The van der Waals surface area contributed by atoms with Crippen molar-refractivity contribution in [3.8, 4) is 0 Å². The molecule has 0 aliphatic rings. The number of aromatic nitrogens is 1. The fourth-order valence-corrected chi connectivity index (χ4v) is 6.46. The van der Waals surface area contributed by atoms with E-state index in [1.165, 1.54) is 109 Å². The van der Waals surface area contributed by atoms with Crippen LogP contribution in [-0.2, 0) is 25.7 Å². The van der Waals surface area contributed by atoms with Crippen molar-refractivity contribution >= 4 is 17.8 Å². The van der Waals surface area contributed by atoms with Crippen LogP contribution in [0.25, 0.3) is 0 Å². The highest BCUT2D eigenvalue weighted by molar-refractivity contribution is 5.84. The summed E-state index contributed by atoms with van der Waals surface area (Å²) in [6, 6.07) is 5.61. The third-order valence-electron chi connectivity index (χ3n) is 9.71.